The summed E-state index contributed by atoms with van der Waals surface area (Å²) >= 11 is 0. The molecule has 2 N–H and O–H groups in total. The molecule has 1 rings (SSSR count). The van der Waals surface area contributed by atoms with E-state index in [2.05, 4.69) is 4.98 Å². The standard InChI is InChI=1S/C8H11N2O2.BF4/c9-10-8(6-12)3-1-2-7(4-8)5-11;2-1(3,4)5/h1-3,11-12H,4-6H2;/q+1;-1. The summed E-state index contributed by atoms with van der Waals surface area (Å²) in [6, 6.07) is 0. The first kappa shape index (κ1) is 15.6. The van der Waals surface area contributed by atoms with E-state index in [0.29, 0.717) is 6.42 Å². The Balaban J connectivity index is 0.000000437. The first-order valence-electron chi connectivity index (χ1n) is 4.59. The molecule has 1 atom stereocenters. The van der Waals surface area contributed by atoms with Crippen molar-refractivity contribution in [2.45, 2.75) is 12.0 Å². The molecule has 0 aromatic heterocycles. The number of halogens is 4. The summed E-state index contributed by atoms with van der Waals surface area (Å²) in [6.07, 6.45) is 5.41. The molecular weight excluding hydrogens is 243 g/mol. The van der Waals surface area contributed by atoms with Crippen LogP contribution >= 0.6 is 0 Å². The Morgan fingerprint density at radius 1 is 1.35 bits per heavy atom. The Bertz CT molecular complexity index is 344. The molecule has 0 spiro atoms. The van der Waals surface area contributed by atoms with Gasteiger partial charge in [0, 0.05) is 6.08 Å². The largest absolute Gasteiger partial charge is 0.673 e. The summed E-state index contributed by atoms with van der Waals surface area (Å²) in [5.41, 5.74) is -0.184. The van der Waals surface area contributed by atoms with Crippen molar-refractivity contribution in [1.82, 2.24) is 0 Å². The fourth-order valence-corrected chi connectivity index (χ4v) is 1.19. The van der Waals surface area contributed by atoms with Crippen LogP contribution in [0.25, 0.3) is 4.98 Å². The van der Waals surface area contributed by atoms with Gasteiger partial charge in [-0.2, -0.15) is 0 Å². The van der Waals surface area contributed by atoms with Gasteiger partial charge in [-0.3, -0.25) is 0 Å². The van der Waals surface area contributed by atoms with E-state index >= 15 is 0 Å². The molecule has 4 nitrogen and oxygen atoms in total. The SMILES string of the molecule is F[B-](F)(F)F.N#[N+]C1(CO)C=CC=C(CO)C1. The zero-order valence-electron chi connectivity index (χ0n) is 8.73. The number of diazo groups is 1. The molecule has 0 saturated heterocycles. The van der Waals surface area contributed by atoms with Gasteiger partial charge in [0.05, 0.1) is 13.0 Å². The third-order valence-corrected chi connectivity index (χ3v) is 1.95. The first-order valence-corrected chi connectivity index (χ1v) is 4.59. The molecule has 0 saturated carbocycles. The van der Waals surface area contributed by atoms with Crippen molar-refractivity contribution in [2.24, 2.45) is 0 Å². The molecule has 9 heteroatoms. The van der Waals surface area contributed by atoms with Crippen LogP contribution in [0.3, 0.4) is 0 Å². The number of aliphatic hydroxyl groups excluding tert-OH is 2. The van der Waals surface area contributed by atoms with Crippen molar-refractivity contribution in [3.63, 3.8) is 0 Å². The second-order valence-corrected chi connectivity index (χ2v) is 3.38. The van der Waals surface area contributed by atoms with Crippen molar-refractivity contribution < 1.29 is 27.5 Å². The van der Waals surface area contributed by atoms with Gasteiger partial charge in [0.15, 0.2) is 0 Å². The van der Waals surface area contributed by atoms with Gasteiger partial charge in [-0.25, -0.2) is 0 Å². The molecule has 0 fully saturated rings. The van der Waals surface area contributed by atoms with Crippen LogP contribution in [0.4, 0.5) is 17.3 Å². The highest BCUT2D eigenvalue weighted by atomic mass is 19.5. The molecule has 96 valence electrons. The van der Waals surface area contributed by atoms with Crippen LogP contribution in [0.15, 0.2) is 23.8 Å². The number of hydrogen-bond donors (Lipinski definition) is 2. The van der Waals surface area contributed by atoms with Gasteiger partial charge in [-0.05, 0) is 5.57 Å². The molecule has 0 bridgehead atoms. The average molecular weight is 254 g/mol. The van der Waals surface area contributed by atoms with Gasteiger partial charge >= 0.3 is 12.8 Å². The lowest BCUT2D eigenvalue weighted by Crippen LogP contribution is -2.29. The van der Waals surface area contributed by atoms with Gasteiger partial charge in [0.1, 0.15) is 11.6 Å². The van der Waals surface area contributed by atoms with Crippen LogP contribution < -0.4 is 0 Å². The Kier molecular flexibility index (Phi) is 5.84. The molecule has 0 aromatic carbocycles. The summed E-state index contributed by atoms with van der Waals surface area (Å²) in [7, 11) is -6.00. The molecule has 1 unspecified atom stereocenters. The Hall–Kier alpha value is -1.40. The maximum atomic E-state index is 9.75. The summed E-state index contributed by atoms with van der Waals surface area (Å²) < 4.78 is 39.0. The minimum atomic E-state index is -6.00. The first-order chi connectivity index (χ1) is 7.76. The molecule has 0 radical (unpaired) electrons. The van der Waals surface area contributed by atoms with Crippen molar-refractivity contribution in [3.05, 3.63) is 28.8 Å². The molecule has 0 aromatic rings. The number of rotatable bonds is 2. The zero-order valence-corrected chi connectivity index (χ0v) is 8.73. The van der Waals surface area contributed by atoms with Crippen LogP contribution in [0, 0.1) is 5.39 Å². The van der Waals surface area contributed by atoms with Crippen LogP contribution in [-0.2, 0) is 0 Å². The third kappa shape index (κ3) is 6.70. The summed E-state index contributed by atoms with van der Waals surface area (Å²) in [4.78, 5) is 3.11. The van der Waals surface area contributed by atoms with E-state index in [9.17, 15) is 17.3 Å². The van der Waals surface area contributed by atoms with Crippen molar-refractivity contribution in [3.8, 4) is 0 Å². The van der Waals surface area contributed by atoms with Gasteiger partial charge in [-0.15, -0.1) is 0 Å². The molecule has 0 aliphatic heterocycles. The highest BCUT2D eigenvalue weighted by Crippen LogP contribution is 2.26. The minimum Gasteiger partial charge on any atom is -0.418 e. The molecule has 1 aliphatic rings. The van der Waals surface area contributed by atoms with Gasteiger partial charge < -0.3 is 27.5 Å². The number of aliphatic hydroxyl groups is 2. The number of hydrogen-bond acceptors (Lipinski definition) is 3. The predicted octanol–water partition coefficient (Wildman–Crippen LogP) is 1.75. The quantitative estimate of drug-likeness (QED) is 0.448. The molecule has 17 heavy (non-hydrogen) atoms. The fourth-order valence-electron chi connectivity index (χ4n) is 1.19. The summed E-state index contributed by atoms with van der Waals surface area (Å²) in [5, 5.41) is 26.4. The Morgan fingerprint density at radius 3 is 2.24 bits per heavy atom. The van der Waals surface area contributed by atoms with Crippen LogP contribution in [0.5, 0.6) is 0 Å². The lowest BCUT2D eigenvalue weighted by Gasteiger charge is -2.13. The third-order valence-electron chi connectivity index (χ3n) is 1.95. The highest BCUT2D eigenvalue weighted by Gasteiger charge is 2.42. The maximum absolute atomic E-state index is 9.75. The summed E-state index contributed by atoms with van der Waals surface area (Å²) in [6.45, 7) is -0.320. The van der Waals surface area contributed by atoms with Crippen LogP contribution in [0.1, 0.15) is 6.42 Å². The van der Waals surface area contributed by atoms with Gasteiger partial charge in [0.2, 0.25) is 5.39 Å². The lowest BCUT2D eigenvalue weighted by atomic mass is 9.88. The fraction of sp³-hybridized carbons (Fsp3) is 0.500. The van der Waals surface area contributed by atoms with E-state index in [1.165, 1.54) is 0 Å². The Morgan fingerprint density at radius 2 is 1.88 bits per heavy atom. The van der Waals surface area contributed by atoms with E-state index in [-0.39, 0.29) is 13.2 Å². The van der Waals surface area contributed by atoms with E-state index in [0.717, 1.165) is 5.57 Å². The van der Waals surface area contributed by atoms with E-state index in [4.69, 9.17) is 15.6 Å². The molecule has 1 aliphatic carbocycles. The molecule has 0 amide bonds. The predicted molar refractivity (Wildman–Crippen MR) is 54.0 cm³/mol. The second kappa shape index (κ2) is 6.37. The lowest BCUT2D eigenvalue weighted by molar-refractivity contribution is 0.239. The second-order valence-electron chi connectivity index (χ2n) is 3.38. The molecule has 0 heterocycles. The molecular formula is C8H11BF4N2O2. The number of allylic oxidation sites excluding steroid dienone is 2. The minimum absolute atomic E-state index is 0.0678. The monoisotopic (exact) mass is 254 g/mol. The maximum Gasteiger partial charge on any atom is 0.673 e. The number of nitrogens with zero attached hydrogens (tertiary/aromatic N) is 2. The van der Waals surface area contributed by atoms with Crippen molar-refractivity contribution >= 4 is 7.25 Å². The topological polar surface area (TPSA) is 68.6 Å². The van der Waals surface area contributed by atoms with E-state index < -0.39 is 12.8 Å². The Labute approximate surface area is 95.0 Å². The van der Waals surface area contributed by atoms with Crippen molar-refractivity contribution in [2.75, 3.05) is 13.2 Å². The van der Waals surface area contributed by atoms with Crippen molar-refractivity contribution in [1.29, 1.82) is 5.39 Å². The smallest absolute Gasteiger partial charge is 0.418 e. The normalized spacial score (nSPS) is 23.2. The summed E-state index contributed by atoms with van der Waals surface area (Å²) in [5.74, 6) is 0. The zero-order chi connectivity index (χ0) is 13.5. The van der Waals surface area contributed by atoms with Gasteiger partial charge in [-0.1, -0.05) is 12.2 Å². The van der Waals surface area contributed by atoms with Crippen LogP contribution in [0.2, 0.25) is 0 Å². The highest BCUT2D eigenvalue weighted by molar-refractivity contribution is 6.50. The van der Waals surface area contributed by atoms with E-state index in [1.54, 1.807) is 18.2 Å². The van der Waals surface area contributed by atoms with Gasteiger partial charge in [0.25, 0.3) is 0 Å². The average Bonchev–Trinajstić information content (AvgIpc) is 2.27. The van der Waals surface area contributed by atoms with E-state index in [1.807, 2.05) is 0 Å². The van der Waals surface area contributed by atoms with Crippen LogP contribution in [-0.4, -0.2) is 36.2 Å².